The molecule has 0 fully saturated rings. The Kier molecular flexibility index (Phi) is 6.58. The minimum Gasteiger partial charge on any atom is -0.376 e. The van der Waals surface area contributed by atoms with Gasteiger partial charge in [-0.2, -0.15) is 0 Å². The largest absolute Gasteiger partial charge is 0.376 e. The maximum absolute atomic E-state index is 5.58. The van der Waals surface area contributed by atoms with Gasteiger partial charge in [0.2, 0.25) is 0 Å². The summed E-state index contributed by atoms with van der Waals surface area (Å²) in [6.45, 7) is 3.23. The van der Waals surface area contributed by atoms with Crippen molar-refractivity contribution in [2.75, 3.05) is 25.2 Å². The first-order valence-electron chi connectivity index (χ1n) is 4.62. The van der Waals surface area contributed by atoms with Crippen LogP contribution >= 0.6 is 34.9 Å². The number of aromatic nitrogens is 2. The van der Waals surface area contributed by atoms with E-state index in [1.807, 2.05) is 13.2 Å². The minimum atomic E-state index is 0.113. The van der Waals surface area contributed by atoms with Gasteiger partial charge in [-0.25, -0.2) is 0 Å². The van der Waals surface area contributed by atoms with Crippen LogP contribution in [0.15, 0.2) is 8.68 Å². The first-order chi connectivity index (χ1) is 7.30. The molecule has 0 spiro atoms. The molecular weight excluding hydrogens is 250 g/mol. The number of nitrogens with two attached hydrogens (primary N) is 1. The predicted octanol–water partition coefficient (Wildman–Crippen LogP) is 1.72. The van der Waals surface area contributed by atoms with E-state index in [1.54, 1.807) is 34.9 Å². The lowest BCUT2D eigenvalue weighted by Gasteiger charge is -2.12. The number of hydrogen-bond acceptors (Lipinski definition) is 7. The van der Waals surface area contributed by atoms with Crippen molar-refractivity contribution in [1.29, 1.82) is 0 Å². The van der Waals surface area contributed by atoms with Gasteiger partial charge in [0.05, 0.1) is 6.10 Å². The normalized spacial score (nSPS) is 13.0. The topological polar surface area (TPSA) is 61.0 Å². The molecule has 0 aromatic carbocycles. The molecular formula is C8H15N3OS3. The van der Waals surface area contributed by atoms with Crippen molar-refractivity contribution in [2.45, 2.75) is 21.7 Å². The molecule has 0 aliphatic rings. The second-order valence-electron chi connectivity index (χ2n) is 2.66. The molecule has 2 N–H and O–H groups in total. The Morgan fingerprint density at radius 1 is 1.47 bits per heavy atom. The van der Waals surface area contributed by atoms with Gasteiger partial charge in [0.25, 0.3) is 0 Å². The third kappa shape index (κ3) is 4.69. The highest BCUT2D eigenvalue weighted by molar-refractivity contribution is 8.02. The first kappa shape index (κ1) is 13.2. The average molecular weight is 265 g/mol. The molecule has 0 amide bonds. The van der Waals surface area contributed by atoms with E-state index < -0.39 is 0 Å². The van der Waals surface area contributed by atoms with Crippen LogP contribution in [0.1, 0.15) is 6.92 Å². The van der Waals surface area contributed by atoms with Crippen LogP contribution in [-0.4, -0.2) is 41.5 Å². The van der Waals surface area contributed by atoms with E-state index in [0.717, 1.165) is 14.4 Å². The van der Waals surface area contributed by atoms with Crippen molar-refractivity contribution >= 4 is 34.9 Å². The lowest BCUT2D eigenvalue weighted by Crippen LogP contribution is -2.26. The van der Waals surface area contributed by atoms with Crippen molar-refractivity contribution < 1.29 is 4.74 Å². The third-order valence-corrected chi connectivity index (χ3v) is 4.78. The smallest absolute Gasteiger partial charge is 0.175 e. The van der Waals surface area contributed by atoms with Gasteiger partial charge in [-0.05, 0) is 13.2 Å². The van der Waals surface area contributed by atoms with Crippen LogP contribution in [0.5, 0.6) is 0 Å². The number of nitrogens with zero attached hydrogens (tertiary/aromatic N) is 2. The Bertz CT molecular complexity index is 282. The molecule has 7 heteroatoms. The lowest BCUT2D eigenvalue weighted by molar-refractivity contribution is 0.0858. The fraction of sp³-hybridized carbons (Fsp3) is 0.750. The highest BCUT2D eigenvalue weighted by atomic mass is 32.2. The minimum absolute atomic E-state index is 0.113. The van der Waals surface area contributed by atoms with E-state index in [1.165, 1.54) is 0 Å². The van der Waals surface area contributed by atoms with Gasteiger partial charge in [-0.3, -0.25) is 0 Å². The Morgan fingerprint density at radius 2 is 2.20 bits per heavy atom. The standard InChI is InChI=1S/C8H15N3OS3/c1-3-12-6(4-9)5-14-8-11-10-7(13-2)15-8/h6H,3-5,9H2,1-2H3. The van der Waals surface area contributed by atoms with Gasteiger partial charge in [0.1, 0.15) is 0 Å². The molecule has 1 heterocycles. The van der Waals surface area contributed by atoms with E-state index >= 15 is 0 Å². The molecule has 0 radical (unpaired) electrons. The summed E-state index contributed by atoms with van der Waals surface area (Å²) < 4.78 is 7.43. The van der Waals surface area contributed by atoms with Gasteiger partial charge in [-0.1, -0.05) is 34.9 Å². The average Bonchev–Trinajstić information content (AvgIpc) is 2.72. The summed E-state index contributed by atoms with van der Waals surface area (Å²) in [5, 5.41) is 8.09. The zero-order valence-corrected chi connectivity index (χ0v) is 11.3. The Balaban J connectivity index is 2.34. The molecule has 0 saturated heterocycles. The lowest BCUT2D eigenvalue weighted by atomic mass is 10.4. The predicted molar refractivity (Wildman–Crippen MR) is 66.9 cm³/mol. The van der Waals surface area contributed by atoms with Crippen LogP contribution in [-0.2, 0) is 4.74 Å². The van der Waals surface area contributed by atoms with Gasteiger partial charge < -0.3 is 10.5 Å². The quantitative estimate of drug-likeness (QED) is 0.757. The highest BCUT2D eigenvalue weighted by Crippen LogP contribution is 2.27. The van der Waals surface area contributed by atoms with Gasteiger partial charge in [-0.15, -0.1) is 10.2 Å². The second-order valence-corrected chi connectivity index (χ2v) is 5.96. The van der Waals surface area contributed by atoms with Crippen molar-refractivity contribution in [3.8, 4) is 0 Å². The van der Waals surface area contributed by atoms with Crippen molar-refractivity contribution in [1.82, 2.24) is 10.2 Å². The van der Waals surface area contributed by atoms with Gasteiger partial charge in [0.15, 0.2) is 8.68 Å². The van der Waals surface area contributed by atoms with Crippen LogP contribution in [0.2, 0.25) is 0 Å². The van der Waals surface area contributed by atoms with E-state index in [-0.39, 0.29) is 6.10 Å². The van der Waals surface area contributed by atoms with Crippen LogP contribution in [0, 0.1) is 0 Å². The zero-order chi connectivity index (χ0) is 11.1. The summed E-state index contributed by atoms with van der Waals surface area (Å²) in [5.41, 5.74) is 5.58. The second kappa shape index (κ2) is 7.45. The SMILES string of the molecule is CCOC(CN)CSc1nnc(SC)s1. The molecule has 0 bridgehead atoms. The number of thioether (sulfide) groups is 2. The number of rotatable bonds is 7. The summed E-state index contributed by atoms with van der Waals surface area (Å²) in [6.07, 6.45) is 2.11. The summed E-state index contributed by atoms with van der Waals surface area (Å²) >= 11 is 4.88. The van der Waals surface area contributed by atoms with Crippen LogP contribution in [0.3, 0.4) is 0 Å². The van der Waals surface area contributed by atoms with Crippen molar-refractivity contribution in [3.63, 3.8) is 0 Å². The number of ether oxygens (including phenoxy) is 1. The molecule has 1 aromatic rings. The zero-order valence-electron chi connectivity index (χ0n) is 8.80. The monoisotopic (exact) mass is 265 g/mol. The Morgan fingerprint density at radius 3 is 2.73 bits per heavy atom. The maximum Gasteiger partial charge on any atom is 0.175 e. The molecule has 1 atom stereocenters. The van der Waals surface area contributed by atoms with E-state index in [2.05, 4.69) is 10.2 Å². The van der Waals surface area contributed by atoms with Crippen LogP contribution in [0.25, 0.3) is 0 Å². The molecule has 0 aliphatic heterocycles. The van der Waals surface area contributed by atoms with E-state index in [9.17, 15) is 0 Å². The van der Waals surface area contributed by atoms with Crippen molar-refractivity contribution in [2.24, 2.45) is 5.73 Å². The fourth-order valence-corrected chi connectivity index (χ4v) is 3.42. The molecule has 0 aliphatic carbocycles. The maximum atomic E-state index is 5.58. The van der Waals surface area contributed by atoms with Crippen molar-refractivity contribution in [3.05, 3.63) is 0 Å². The van der Waals surface area contributed by atoms with Crippen LogP contribution < -0.4 is 5.73 Å². The molecule has 0 saturated carbocycles. The highest BCUT2D eigenvalue weighted by Gasteiger charge is 2.09. The molecule has 1 rings (SSSR count). The fourth-order valence-electron chi connectivity index (χ4n) is 0.922. The molecule has 86 valence electrons. The third-order valence-electron chi connectivity index (χ3n) is 1.62. The summed E-state index contributed by atoms with van der Waals surface area (Å²) in [7, 11) is 0. The summed E-state index contributed by atoms with van der Waals surface area (Å²) in [4.78, 5) is 0. The molecule has 1 aromatic heterocycles. The molecule has 4 nitrogen and oxygen atoms in total. The van der Waals surface area contributed by atoms with E-state index in [4.69, 9.17) is 10.5 Å². The first-order valence-corrected chi connectivity index (χ1v) is 7.64. The Labute approximate surface area is 102 Å². The van der Waals surface area contributed by atoms with Gasteiger partial charge in [0, 0.05) is 18.9 Å². The summed E-state index contributed by atoms with van der Waals surface area (Å²) in [6, 6.07) is 0. The van der Waals surface area contributed by atoms with E-state index in [0.29, 0.717) is 13.2 Å². The Hall–Kier alpha value is 0.180. The van der Waals surface area contributed by atoms with Crippen LogP contribution in [0.4, 0.5) is 0 Å². The number of hydrogen-bond donors (Lipinski definition) is 1. The summed E-state index contributed by atoms with van der Waals surface area (Å²) in [5.74, 6) is 0.841. The molecule has 15 heavy (non-hydrogen) atoms. The molecule has 1 unspecified atom stereocenters. The van der Waals surface area contributed by atoms with Gasteiger partial charge >= 0.3 is 0 Å².